The zero-order valence-corrected chi connectivity index (χ0v) is 27.7. The molecule has 7 rings (SSSR count). The van der Waals surface area contributed by atoms with E-state index in [9.17, 15) is 0 Å². The summed E-state index contributed by atoms with van der Waals surface area (Å²) in [6, 6.07) is 38.7. The summed E-state index contributed by atoms with van der Waals surface area (Å²) >= 11 is 0. The standard InChI is InChI=1S/C42H44N2/c1-40(2,3)27-19-22-35-32(25-27)33-26-28(41(4,5)6)20-23-36(33)44(35)37-24-21-31-30-17-13-14-18-34(30)43(29-15-11-10-12-16-29)39(31)38(37)42(7,8)9/h10-26H,1-9H3. The molecule has 0 fully saturated rings. The Balaban J connectivity index is 1.68. The smallest absolute Gasteiger partial charge is 0.0599 e. The van der Waals surface area contributed by atoms with E-state index in [1.54, 1.807) is 0 Å². The van der Waals surface area contributed by atoms with Gasteiger partial charge in [0, 0.05) is 32.8 Å². The topological polar surface area (TPSA) is 9.86 Å². The average Bonchev–Trinajstić information content (AvgIpc) is 3.47. The maximum Gasteiger partial charge on any atom is 0.0599 e. The third-order valence-corrected chi connectivity index (χ3v) is 9.32. The number of para-hydroxylation sites is 2. The molecular formula is C42H44N2. The molecule has 0 amide bonds. The molecule has 0 radical (unpaired) electrons. The zero-order valence-electron chi connectivity index (χ0n) is 27.7. The van der Waals surface area contributed by atoms with Crippen LogP contribution in [0.3, 0.4) is 0 Å². The van der Waals surface area contributed by atoms with Gasteiger partial charge in [-0.25, -0.2) is 0 Å². The molecular weight excluding hydrogens is 532 g/mol. The maximum absolute atomic E-state index is 2.54. The van der Waals surface area contributed by atoms with Gasteiger partial charge in [0.25, 0.3) is 0 Å². The van der Waals surface area contributed by atoms with Gasteiger partial charge in [-0.15, -0.1) is 0 Å². The minimum absolute atomic E-state index is 0.0658. The van der Waals surface area contributed by atoms with E-state index in [-0.39, 0.29) is 16.2 Å². The van der Waals surface area contributed by atoms with Crippen molar-refractivity contribution in [2.45, 2.75) is 78.6 Å². The van der Waals surface area contributed by atoms with Crippen LogP contribution in [0.15, 0.2) is 103 Å². The number of nitrogens with zero attached hydrogens (tertiary/aromatic N) is 2. The number of hydrogen-bond acceptors (Lipinski definition) is 0. The first kappa shape index (κ1) is 28.5. The Morgan fingerprint density at radius 1 is 0.409 bits per heavy atom. The minimum atomic E-state index is -0.130. The molecule has 0 aliphatic heterocycles. The van der Waals surface area contributed by atoms with Crippen molar-refractivity contribution in [3.05, 3.63) is 120 Å². The molecule has 0 bridgehead atoms. The number of benzene rings is 5. The van der Waals surface area contributed by atoms with Crippen LogP contribution < -0.4 is 0 Å². The highest BCUT2D eigenvalue weighted by atomic mass is 15.0. The molecule has 0 N–H and O–H groups in total. The van der Waals surface area contributed by atoms with Gasteiger partial charge < -0.3 is 9.13 Å². The van der Waals surface area contributed by atoms with Crippen molar-refractivity contribution >= 4 is 43.6 Å². The van der Waals surface area contributed by atoms with Gasteiger partial charge in [0.15, 0.2) is 0 Å². The molecule has 2 nitrogen and oxygen atoms in total. The zero-order chi connectivity index (χ0) is 31.2. The number of hydrogen-bond donors (Lipinski definition) is 0. The second kappa shape index (κ2) is 9.60. The Hall–Kier alpha value is -4.30. The van der Waals surface area contributed by atoms with Crippen LogP contribution in [0.4, 0.5) is 0 Å². The van der Waals surface area contributed by atoms with Gasteiger partial charge in [0.1, 0.15) is 0 Å². The monoisotopic (exact) mass is 576 g/mol. The van der Waals surface area contributed by atoms with Gasteiger partial charge in [0.05, 0.1) is 27.8 Å². The van der Waals surface area contributed by atoms with E-state index >= 15 is 0 Å². The number of fused-ring (bicyclic) bond motifs is 6. The molecule has 0 atom stereocenters. The first-order valence-corrected chi connectivity index (χ1v) is 16.0. The van der Waals surface area contributed by atoms with Crippen molar-refractivity contribution in [2.75, 3.05) is 0 Å². The lowest BCUT2D eigenvalue weighted by Crippen LogP contribution is -2.17. The van der Waals surface area contributed by atoms with Crippen LogP contribution in [-0.2, 0) is 16.2 Å². The van der Waals surface area contributed by atoms with E-state index in [0.717, 1.165) is 0 Å². The molecule has 5 aromatic carbocycles. The second-order valence-corrected chi connectivity index (χ2v) is 15.6. The molecule has 0 aliphatic carbocycles. The summed E-state index contributed by atoms with van der Waals surface area (Å²) in [6.45, 7) is 20.9. The molecule has 222 valence electrons. The van der Waals surface area contributed by atoms with Crippen LogP contribution in [0.25, 0.3) is 55.0 Å². The van der Waals surface area contributed by atoms with E-state index < -0.39 is 0 Å². The lowest BCUT2D eigenvalue weighted by Gasteiger charge is -2.27. The molecule has 2 heteroatoms. The molecule has 2 aromatic heterocycles. The summed E-state index contributed by atoms with van der Waals surface area (Å²) in [6.07, 6.45) is 0. The SMILES string of the molecule is CC(C)(C)c1ccc2c(c1)c1cc(C(C)(C)C)ccc1n2-c1ccc2c3ccccc3n(-c3ccccc3)c2c1C(C)(C)C. The number of aromatic nitrogens is 2. The fourth-order valence-corrected chi connectivity index (χ4v) is 7.03. The Morgan fingerprint density at radius 2 is 0.932 bits per heavy atom. The first-order valence-electron chi connectivity index (χ1n) is 16.0. The van der Waals surface area contributed by atoms with E-state index in [0.29, 0.717) is 0 Å². The van der Waals surface area contributed by atoms with Gasteiger partial charge in [-0.1, -0.05) is 117 Å². The highest BCUT2D eigenvalue weighted by molar-refractivity contribution is 6.13. The Bertz CT molecular complexity index is 2130. The van der Waals surface area contributed by atoms with E-state index in [2.05, 4.69) is 175 Å². The van der Waals surface area contributed by atoms with Crippen LogP contribution in [0, 0.1) is 0 Å². The van der Waals surface area contributed by atoms with Crippen LogP contribution >= 0.6 is 0 Å². The van der Waals surface area contributed by atoms with Crippen LogP contribution in [0.5, 0.6) is 0 Å². The summed E-state index contributed by atoms with van der Waals surface area (Å²) < 4.78 is 5.02. The van der Waals surface area contributed by atoms with Gasteiger partial charge in [-0.2, -0.15) is 0 Å². The number of rotatable bonds is 2. The molecule has 0 spiro atoms. The maximum atomic E-state index is 2.54. The molecule has 0 saturated carbocycles. The molecule has 2 heterocycles. The lowest BCUT2D eigenvalue weighted by atomic mass is 9.83. The third-order valence-electron chi connectivity index (χ3n) is 9.32. The average molecular weight is 577 g/mol. The molecule has 0 saturated heterocycles. The van der Waals surface area contributed by atoms with E-state index in [1.807, 2.05) is 0 Å². The Labute approximate surface area is 261 Å². The van der Waals surface area contributed by atoms with Gasteiger partial charge in [-0.3, -0.25) is 0 Å². The second-order valence-electron chi connectivity index (χ2n) is 15.6. The highest BCUT2D eigenvalue weighted by Gasteiger charge is 2.29. The summed E-state index contributed by atoms with van der Waals surface area (Å²) in [4.78, 5) is 0. The minimum Gasteiger partial charge on any atom is -0.309 e. The van der Waals surface area contributed by atoms with Crippen molar-refractivity contribution in [1.29, 1.82) is 0 Å². The van der Waals surface area contributed by atoms with Crippen molar-refractivity contribution in [3.63, 3.8) is 0 Å². The molecule has 7 aromatic rings. The van der Waals surface area contributed by atoms with Gasteiger partial charge in [-0.05, 0) is 75.9 Å². The van der Waals surface area contributed by atoms with Gasteiger partial charge in [0.2, 0.25) is 0 Å². The van der Waals surface area contributed by atoms with E-state index in [1.165, 1.54) is 71.7 Å². The normalized spacial score (nSPS) is 13.1. The quantitative estimate of drug-likeness (QED) is 0.194. The Kier molecular flexibility index (Phi) is 6.21. The predicted molar refractivity (Wildman–Crippen MR) is 191 cm³/mol. The van der Waals surface area contributed by atoms with Crippen molar-refractivity contribution in [1.82, 2.24) is 9.13 Å². The highest BCUT2D eigenvalue weighted by Crippen LogP contribution is 2.44. The molecule has 0 aliphatic rings. The summed E-state index contributed by atoms with van der Waals surface area (Å²) in [5, 5.41) is 5.23. The summed E-state index contributed by atoms with van der Waals surface area (Å²) in [5.41, 5.74) is 11.6. The van der Waals surface area contributed by atoms with Gasteiger partial charge >= 0.3 is 0 Å². The summed E-state index contributed by atoms with van der Waals surface area (Å²) in [5.74, 6) is 0. The van der Waals surface area contributed by atoms with Crippen molar-refractivity contribution in [2.24, 2.45) is 0 Å². The van der Waals surface area contributed by atoms with E-state index in [4.69, 9.17) is 0 Å². The molecule has 0 unspecified atom stereocenters. The Morgan fingerprint density at radius 3 is 1.48 bits per heavy atom. The lowest BCUT2D eigenvalue weighted by molar-refractivity contribution is 0.590. The summed E-state index contributed by atoms with van der Waals surface area (Å²) in [7, 11) is 0. The fraction of sp³-hybridized carbons (Fsp3) is 0.286. The van der Waals surface area contributed by atoms with Crippen molar-refractivity contribution in [3.8, 4) is 11.4 Å². The van der Waals surface area contributed by atoms with Crippen LogP contribution in [0.2, 0.25) is 0 Å². The predicted octanol–water partition coefficient (Wildman–Crippen LogP) is 11.8. The van der Waals surface area contributed by atoms with Crippen LogP contribution in [0.1, 0.15) is 79.0 Å². The van der Waals surface area contributed by atoms with Crippen molar-refractivity contribution < 1.29 is 0 Å². The fourth-order valence-electron chi connectivity index (χ4n) is 7.03. The van der Waals surface area contributed by atoms with Crippen LogP contribution in [-0.4, -0.2) is 9.13 Å². The molecule has 44 heavy (non-hydrogen) atoms. The largest absolute Gasteiger partial charge is 0.309 e. The first-order chi connectivity index (χ1) is 20.7. The third kappa shape index (κ3) is 4.38.